The van der Waals surface area contributed by atoms with Crippen LogP contribution in [0, 0.1) is 17.8 Å². The molecule has 0 aliphatic rings. The fraction of sp³-hybridized carbons (Fsp3) is 0.833. The molecule has 0 amide bonds. The molecule has 28 heavy (non-hydrogen) atoms. The summed E-state index contributed by atoms with van der Waals surface area (Å²) in [6.45, 7) is 11.1. The van der Waals surface area contributed by atoms with Gasteiger partial charge in [0, 0.05) is 0 Å². The summed E-state index contributed by atoms with van der Waals surface area (Å²) in [7, 11) is 0. The molecule has 3 nitrogen and oxygen atoms in total. The third-order valence-corrected chi connectivity index (χ3v) is 7.27. The summed E-state index contributed by atoms with van der Waals surface area (Å²) in [5.41, 5.74) is -0.892. The minimum atomic E-state index is -0.892. The number of furan rings is 1. The molecular formula is C24H44O3S. The fourth-order valence-corrected chi connectivity index (χ4v) is 4.77. The zero-order valence-electron chi connectivity index (χ0n) is 18.8. The Morgan fingerprint density at radius 3 is 2.04 bits per heavy atom. The highest BCUT2D eigenvalue weighted by molar-refractivity contribution is 7.99. The van der Waals surface area contributed by atoms with Crippen molar-refractivity contribution in [2.24, 2.45) is 17.8 Å². The van der Waals surface area contributed by atoms with E-state index < -0.39 is 5.60 Å². The Hall–Kier alpha value is -0.450. The molecule has 4 unspecified atom stereocenters. The number of aliphatic hydroxyl groups is 2. The Balaban J connectivity index is 2.20. The van der Waals surface area contributed by atoms with E-state index in [-0.39, 0.29) is 11.9 Å². The lowest BCUT2D eigenvalue weighted by Crippen LogP contribution is -2.39. The van der Waals surface area contributed by atoms with Crippen LogP contribution in [0.2, 0.25) is 0 Å². The monoisotopic (exact) mass is 412 g/mol. The molecule has 0 aromatic carbocycles. The van der Waals surface area contributed by atoms with E-state index in [1.165, 1.54) is 50.3 Å². The van der Waals surface area contributed by atoms with Crippen LogP contribution >= 0.6 is 11.8 Å². The van der Waals surface area contributed by atoms with Crippen LogP contribution in [-0.4, -0.2) is 27.7 Å². The van der Waals surface area contributed by atoms with Crippen LogP contribution in [0.25, 0.3) is 0 Å². The maximum Gasteiger partial charge on any atom is 0.160 e. The number of thioether (sulfide) groups is 1. The molecule has 0 fully saturated rings. The SMILES string of the molecule is CC(C)CCCC(C)CCCC(C)CCCC(C)(O)C(CO)Sc1ccco1. The molecule has 0 aliphatic heterocycles. The van der Waals surface area contributed by atoms with Crippen molar-refractivity contribution in [3.05, 3.63) is 18.4 Å². The zero-order valence-corrected chi connectivity index (χ0v) is 19.6. The van der Waals surface area contributed by atoms with E-state index in [1.807, 2.05) is 19.1 Å². The van der Waals surface area contributed by atoms with Gasteiger partial charge in [-0.05, 0) is 43.2 Å². The van der Waals surface area contributed by atoms with Crippen LogP contribution in [0.3, 0.4) is 0 Å². The minimum Gasteiger partial charge on any atom is -0.458 e. The third kappa shape index (κ3) is 10.9. The van der Waals surface area contributed by atoms with Crippen LogP contribution in [-0.2, 0) is 0 Å². The van der Waals surface area contributed by atoms with Gasteiger partial charge in [-0.25, -0.2) is 0 Å². The molecule has 164 valence electrons. The van der Waals surface area contributed by atoms with Crippen molar-refractivity contribution >= 4 is 11.8 Å². The van der Waals surface area contributed by atoms with Gasteiger partial charge in [-0.2, -0.15) is 0 Å². The molecule has 2 N–H and O–H groups in total. The number of rotatable bonds is 16. The summed E-state index contributed by atoms with van der Waals surface area (Å²) in [6, 6.07) is 3.70. The van der Waals surface area contributed by atoms with Crippen molar-refractivity contribution in [1.82, 2.24) is 0 Å². The molecular weight excluding hydrogens is 368 g/mol. The average Bonchev–Trinajstić information content (AvgIpc) is 3.12. The van der Waals surface area contributed by atoms with Gasteiger partial charge in [0.25, 0.3) is 0 Å². The largest absolute Gasteiger partial charge is 0.458 e. The lowest BCUT2D eigenvalue weighted by atomic mass is 9.89. The predicted octanol–water partition coefficient (Wildman–Crippen LogP) is 6.92. The van der Waals surface area contributed by atoms with Crippen LogP contribution in [0.1, 0.15) is 92.4 Å². The highest BCUT2D eigenvalue weighted by Gasteiger charge is 2.32. The van der Waals surface area contributed by atoms with E-state index in [0.717, 1.165) is 29.8 Å². The molecule has 0 saturated carbocycles. The van der Waals surface area contributed by atoms with E-state index in [2.05, 4.69) is 27.7 Å². The van der Waals surface area contributed by atoms with Gasteiger partial charge < -0.3 is 14.6 Å². The molecule has 1 rings (SSSR count). The van der Waals surface area contributed by atoms with Gasteiger partial charge in [-0.1, -0.05) is 90.8 Å². The summed E-state index contributed by atoms with van der Waals surface area (Å²) in [5, 5.41) is 21.0. The normalized spacial score (nSPS) is 17.4. The van der Waals surface area contributed by atoms with Crippen molar-refractivity contribution < 1.29 is 14.6 Å². The van der Waals surface area contributed by atoms with Crippen molar-refractivity contribution in [1.29, 1.82) is 0 Å². The smallest absolute Gasteiger partial charge is 0.160 e. The first kappa shape index (κ1) is 25.6. The topological polar surface area (TPSA) is 53.6 Å². The van der Waals surface area contributed by atoms with Crippen LogP contribution in [0.4, 0.5) is 0 Å². The van der Waals surface area contributed by atoms with E-state index >= 15 is 0 Å². The van der Waals surface area contributed by atoms with Gasteiger partial charge in [0.15, 0.2) is 5.09 Å². The van der Waals surface area contributed by atoms with Crippen molar-refractivity contribution in [2.75, 3.05) is 6.61 Å². The summed E-state index contributed by atoms with van der Waals surface area (Å²) in [6.07, 6.45) is 12.5. The standard InChI is InChI=1S/C24H44O3S/c1-19(2)10-6-11-20(3)12-7-13-21(4)14-8-16-24(5,26)22(18-25)28-23-15-9-17-27-23/h9,15,17,19-22,25-26H,6-8,10-14,16,18H2,1-5H3. The summed E-state index contributed by atoms with van der Waals surface area (Å²) < 4.78 is 5.34. The van der Waals surface area contributed by atoms with Gasteiger partial charge in [-0.3, -0.25) is 0 Å². The van der Waals surface area contributed by atoms with Gasteiger partial charge >= 0.3 is 0 Å². The molecule has 4 atom stereocenters. The van der Waals surface area contributed by atoms with Crippen LogP contribution in [0.5, 0.6) is 0 Å². The number of hydrogen-bond donors (Lipinski definition) is 2. The highest BCUT2D eigenvalue weighted by atomic mass is 32.2. The molecule has 0 radical (unpaired) electrons. The first-order valence-corrected chi connectivity index (χ1v) is 12.2. The molecule has 1 heterocycles. The van der Waals surface area contributed by atoms with Gasteiger partial charge in [-0.15, -0.1) is 0 Å². The molecule has 0 saturated heterocycles. The maximum absolute atomic E-state index is 10.8. The van der Waals surface area contributed by atoms with E-state index in [4.69, 9.17) is 4.42 Å². The Kier molecular flexibility index (Phi) is 12.5. The van der Waals surface area contributed by atoms with Crippen LogP contribution < -0.4 is 0 Å². The number of hydrogen-bond acceptors (Lipinski definition) is 4. The van der Waals surface area contributed by atoms with Gasteiger partial charge in [0.2, 0.25) is 0 Å². The predicted molar refractivity (Wildman–Crippen MR) is 121 cm³/mol. The zero-order chi connectivity index (χ0) is 21.0. The summed E-state index contributed by atoms with van der Waals surface area (Å²) in [4.78, 5) is 0. The van der Waals surface area contributed by atoms with Crippen molar-refractivity contribution in [3.63, 3.8) is 0 Å². The highest BCUT2D eigenvalue weighted by Crippen LogP contribution is 2.34. The van der Waals surface area contributed by atoms with E-state index in [9.17, 15) is 10.2 Å². The van der Waals surface area contributed by atoms with Gasteiger partial charge in [0.05, 0.1) is 23.7 Å². The van der Waals surface area contributed by atoms with E-state index in [0.29, 0.717) is 12.3 Å². The Bertz CT molecular complexity index is 484. The minimum absolute atomic E-state index is 0.0530. The van der Waals surface area contributed by atoms with Crippen LogP contribution in [0.15, 0.2) is 27.9 Å². The lowest BCUT2D eigenvalue weighted by molar-refractivity contribution is 0.0290. The Labute approximate surface area is 177 Å². The molecule has 0 bridgehead atoms. The fourth-order valence-electron chi connectivity index (χ4n) is 3.78. The maximum atomic E-state index is 10.8. The molecule has 0 spiro atoms. The second-order valence-corrected chi connectivity index (χ2v) is 10.6. The second kappa shape index (κ2) is 13.7. The van der Waals surface area contributed by atoms with Crippen molar-refractivity contribution in [3.8, 4) is 0 Å². The average molecular weight is 413 g/mol. The lowest BCUT2D eigenvalue weighted by Gasteiger charge is -2.31. The van der Waals surface area contributed by atoms with E-state index in [1.54, 1.807) is 6.26 Å². The third-order valence-electron chi connectivity index (χ3n) is 5.87. The first-order valence-electron chi connectivity index (χ1n) is 11.3. The quantitative estimate of drug-likeness (QED) is 0.289. The molecule has 1 aromatic rings. The van der Waals surface area contributed by atoms with Gasteiger partial charge in [0.1, 0.15) is 0 Å². The molecule has 1 aromatic heterocycles. The molecule has 0 aliphatic carbocycles. The Morgan fingerprint density at radius 1 is 0.964 bits per heavy atom. The summed E-state index contributed by atoms with van der Waals surface area (Å²) >= 11 is 1.42. The summed E-state index contributed by atoms with van der Waals surface area (Å²) in [5.74, 6) is 2.37. The number of aliphatic hydroxyl groups excluding tert-OH is 1. The first-order chi connectivity index (χ1) is 13.2. The van der Waals surface area contributed by atoms with Crippen molar-refractivity contribution in [2.45, 2.75) is 108 Å². The second-order valence-electron chi connectivity index (χ2n) is 9.44. The molecule has 4 heteroatoms. The Morgan fingerprint density at radius 2 is 1.54 bits per heavy atom.